The molecule has 3 aromatic rings. The Balaban J connectivity index is 1.13. The summed E-state index contributed by atoms with van der Waals surface area (Å²) in [5.41, 5.74) is 2.86. The summed E-state index contributed by atoms with van der Waals surface area (Å²) in [6.07, 6.45) is 3.84. The van der Waals surface area contributed by atoms with Crippen LogP contribution in [0.15, 0.2) is 60.7 Å². The molecule has 3 aliphatic carbocycles. The summed E-state index contributed by atoms with van der Waals surface area (Å²) in [6.45, 7) is 0.720. The van der Waals surface area contributed by atoms with Crippen LogP contribution in [0.2, 0.25) is 0 Å². The summed E-state index contributed by atoms with van der Waals surface area (Å²) < 4.78 is 27.1. The third-order valence-corrected chi connectivity index (χ3v) is 7.53. The van der Waals surface area contributed by atoms with Crippen LogP contribution in [0.3, 0.4) is 0 Å². The van der Waals surface area contributed by atoms with E-state index in [0.717, 1.165) is 17.7 Å². The zero-order chi connectivity index (χ0) is 25.5. The number of carbonyl (C=O) groups is 2. The Morgan fingerprint density at radius 1 is 0.946 bits per heavy atom. The molecular weight excluding hydrogens is 473 g/mol. The van der Waals surface area contributed by atoms with Crippen LogP contribution in [-0.4, -0.2) is 23.5 Å². The number of benzene rings is 3. The minimum Gasteiger partial charge on any atom is -0.486 e. The van der Waals surface area contributed by atoms with E-state index in [9.17, 15) is 14.0 Å². The first-order valence-corrected chi connectivity index (χ1v) is 12.8. The summed E-state index contributed by atoms with van der Waals surface area (Å²) in [5, 5.41) is 12.1. The number of rotatable bonds is 9. The van der Waals surface area contributed by atoms with Crippen LogP contribution in [0.4, 0.5) is 4.39 Å². The molecule has 0 aliphatic heterocycles. The summed E-state index contributed by atoms with van der Waals surface area (Å²) in [7, 11) is 0. The molecule has 190 valence electrons. The van der Waals surface area contributed by atoms with Crippen molar-refractivity contribution in [2.45, 2.75) is 44.1 Å². The monoisotopic (exact) mass is 501 g/mol. The van der Waals surface area contributed by atoms with Crippen molar-refractivity contribution in [2.75, 3.05) is 6.54 Å². The number of fused-ring (bicyclic) bond motifs is 1. The van der Waals surface area contributed by atoms with Gasteiger partial charge in [-0.3, -0.25) is 9.59 Å². The number of carbonyl (C=O) groups excluding carboxylic acids is 1. The third kappa shape index (κ3) is 5.03. The van der Waals surface area contributed by atoms with Crippen LogP contribution >= 0.6 is 0 Å². The Morgan fingerprint density at radius 3 is 2.35 bits per heavy atom. The molecule has 0 radical (unpaired) electrons. The molecule has 37 heavy (non-hydrogen) atoms. The quantitative estimate of drug-likeness (QED) is 0.375. The maximum atomic E-state index is 14.9. The number of carboxylic acid groups (broad SMARTS) is 1. The minimum atomic E-state index is -0.758. The molecular formula is C30H28FNO5. The van der Waals surface area contributed by atoms with Crippen molar-refractivity contribution in [3.8, 4) is 17.2 Å². The van der Waals surface area contributed by atoms with Gasteiger partial charge < -0.3 is 19.9 Å². The van der Waals surface area contributed by atoms with Crippen LogP contribution in [-0.2, 0) is 11.2 Å². The highest BCUT2D eigenvalue weighted by Gasteiger charge is 2.44. The number of carboxylic acids is 1. The van der Waals surface area contributed by atoms with Crippen LogP contribution in [0.25, 0.3) is 0 Å². The lowest BCUT2D eigenvalue weighted by Crippen LogP contribution is -2.25. The van der Waals surface area contributed by atoms with E-state index in [1.54, 1.807) is 30.3 Å². The average Bonchev–Trinajstić information content (AvgIpc) is 3.83. The Morgan fingerprint density at radius 2 is 1.68 bits per heavy atom. The van der Waals surface area contributed by atoms with Crippen LogP contribution in [0.5, 0.6) is 17.2 Å². The van der Waals surface area contributed by atoms with Crippen LogP contribution < -0.4 is 14.8 Å². The van der Waals surface area contributed by atoms with Crippen molar-refractivity contribution in [3.63, 3.8) is 0 Å². The number of amides is 1. The number of nitrogens with one attached hydrogen (secondary N) is 1. The maximum Gasteiger partial charge on any atom is 0.307 e. The third-order valence-electron chi connectivity index (χ3n) is 7.53. The number of ether oxygens (including phenoxy) is 2. The molecule has 2 fully saturated rings. The molecule has 0 heterocycles. The van der Waals surface area contributed by atoms with Gasteiger partial charge in [0.1, 0.15) is 29.2 Å². The SMILES string of the molecule is O=C(NCC1CC1)c1ccc(Oc2ccc(F)c3c2CC[C@H]3Oc2ccc([C@H]3C[C@@H]3C(=O)O)cc2)cc1. The van der Waals surface area contributed by atoms with Crippen LogP contribution in [0, 0.1) is 17.7 Å². The summed E-state index contributed by atoms with van der Waals surface area (Å²) >= 11 is 0. The fraction of sp³-hybridized carbons (Fsp3) is 0.333. The van der Waals surface area contributed by atoms with Gasteiger partial charge in [-0.2, -0.15) is 0 Å². The second kappa shape index (κ2) is 9.54. The van der Waals surface area contributed by atoms with E-state index in [2.05, 4.69) is 5.32 Å². The lowest BCUT2D eigenvalue weighted by atomic mass is 10.1. The van der Waals surface area contributed by atoms with E-state index in [-0.39, 0.29) is 23.6 Å². The van der Waals surface area contributed by atoms with E-state index < -0.39 is 12.1 Å². The Hall–Kier alpha value is -3.87. The van der Waals surface area contributed by atoms with Gasteiger partial charge in [0.05, 0.1) is 5.92 Å². The smallest absolute Gasteiger partial charge is 0.307 e. The second-order valence-corrected chi connectivity index (χ2v) is 10.2. The van der Waals surface area contributed by atoms with Crippen molar-refractivity contribution in [1.82, 2.24) is 5.32 Å². The van der Waals surface area contributed by atoms with Gasteiger partial charge in [-0.25, -0.2) is 4.39 Å². The van der Waals surface area contributed by atoms with Crippen molar-refractivity contribution in [2.24, 2.45) is 11.8 Å². The van der Waals surface area contributed by atoms with Crippen molar-refractivity contribution < 1.29 is 28.6 Å². The highest BCUT2D eigenvalue weighted by Crippen LogP contribution is 2.48. The molecule has 7 heteroatoms. The van der Waals surface area contributed by atoms with Gasteiger partial charge in [0.25, 0.3) is 5.91 Å². The fourth-order valence-electron chi connectivity index (χ4n) is 5.11. The predicted molar refractivity (Wildman–Crippen MR) is 135 cm³/mol. The molecule has 2 N–H and O–H groups in total. The summed E-state index contributed by atoms with van der Waals surface area (Å²) in [6, 6.07) is 17.4. The topological polar surface area (TPSA) is 84.9 Å². The average molecular weight is 502 g/mol. The van der Waals surface area contributed by atoms with E-state index >= 15 is 0 Å². The Bertz CT molecular complexity index is 1330. The molecule has 6 rings (SSSR count). The molecule has 0 saturated heterocycles. The standard InChI is InChI=1S/C30H28FNO5/c31-25-12-14-26(36-20-9-5-19(6-10-20)29(33)32-16-17-1-2-17)22-11-13-27(28(22)25)37-21-7-3-18(4-8-21)23-15-24(23)30(34)35/h3-10,12,14,17,23-24,27H,1-2,11,13,15-16H2,(H,32,33)(H,34,35)/t23-,24+,27-/m1/s1. The van der Waals surface area contributed by atoms with Gasteiger partial charge in [-0.05, 0) is 98.0 Å². The second-order valence-electron chi connectivity index (χ2n) is 10.2. The molecule has 3 aromatic carbocycles. The van der Waals surface area contributed by atoms with Gasteiger partial charge in [-0.1, -0.05) is 12.1 Å². The van der Waals surface area contributed by atoms with E-state index in [1.165, 1.54) is 18.9 Å². The molecule has 6 nitrogen and oxygen atoms in total. The van der Waals surface area contributed by atoms with Crippen molar-refractivity contribution in [3.05, 3.63) is 88.7 Å². The van der Waals surface area contributed by atoms with Gasteiger partial charge in [0.15, 0.2) is 0 Å². The zero-order valence-electron chi connectivity index (χ0n) is 20.3. The van der Waals surface area contributed by atoms with Gasteiger partial charge in [0, 0.05) is 23.2 Å². The summed E-state index contributed by atoms with van der Waals surface area (Å²) in [5.74, 6) is 0.975. The normalized spacial score (nSPS) is 21.7. The predicted octanol–water partition coefficient (Wildman–Crippen LogP) is 6.01. The van der Waals surface area contributed by atoms with E-state index in [1.807, 2.05) is 24.3 Å². The van der Waals surface area contributed by atoms with Crippen LogP contribution in [0.1, 0.15) is 64.8 Å². The number of hydrogen-bond donors (Lipinski definition) is 2. The Labute approximate surface area is 214 Å². The molecule has 2 saturated carbocycles. The highest BCUT2D eigenvalue weighted by molar-refractivity contribution is 5.94. The molecule has 3 atom stereocenters. The molecule has 1 amide bonds. The van der Waals surface area contributed by atoms with Crippen molar-refractivity contribution in [1.29, 1.82) is 0 Å². The number of hydrogen-bond acceptors (Lipinski definition) is 4. The lowest BCUT2D eigenvalue weighted by molar-refractivity contribution is -0.138. The first-order chi connectivity index (χ1) is 18.0. The number of halogens is 1. The summed E-state index contributed by atoms with van der Waals surface area (Å²) in [4.78, 5) is 23.4. The molecule has 0 aromatic heterocycles. The lowest BCUT2D eigenvalue weighted by Gasteiger charge is -2.17. The largest absolute Gasteiger partial charge is 0.486 e. The van der Waals surface area contributed by atoms with E-state index in [4.69, 9.17) is 14.6 Å². The molecule has 0 unspecified atom stereocenters. The highest BCUT2D eigenvalue weighted by atomic mass is 19.1. The van der Waals surface area contributed by atoms with Gasteiger partial charge in [-0.15, -0.1) is 0 Å². The fourth-order valence-corrected chi connectivity index (χ4v) is 5.11. The van der Waals surface area contributed by atoms with Gasteiger partial charge >= 0.3 is 5.97 Å². The zero-order valence-corrected chi connectivity index (χ0v) is 20.3. The minimum absolute atomic E-state index is 0.0575. The molecule has 3 aliphatic rings. The maximum absolute atomic E-state index is 14.9. The molecule has 0 spiro atoms. The first kappa shape index (κ1) is 23.5. The molecule has 0 bridgehead atoms. The Kier molecular flexibility index (Phi) is 6.07. The van der Waals surface area contributed by atoms with Gasteiger partial charge in [0.2, 0.25) is 0 Å². The van der Waals surface area contributed by atoms with E-state index in [0.29, 0.717) is 53.6 Å². The van der Waals surface area contributed by atoms with Crippen molar-refractivity contribution >= 4 is 11.9 Å². The first-order valence-electron chi connectivity index (χ1n) is 12.8. The number of aliphatic carboxylic acids is 1.